The number of benzene rings is 3. The van der Waals surface area contributed by atoms with Gasteiger partial charge in [-0.2, -0.15) is 0 Å². The van der Waals surface area contributed by atoms with Crippen LogP contribution >= 0.6 is 0 Å². The molecule has 3 aromatic carbocycles. The minimum absolute atomic E-state index is 0.240. The molecule has 0 aliphatic carbocycles. The van der Waals surface area contributed by atoms with Gasteiger partial charge in [0, 0.05) is 11.1 Å². The van der Waals surface area contributed by atoms with Crippen LogP contribution in [0.25, 0.3) is 23.3 Å². The monoisotopic (exact) mass is 422 g/mol. The summed E-state index contributed by atoms with van der Waals surface area (Å²) < 4.78 is 43.3. The first kappa shape index (κ1) is 22.9. The van der Waals surface area contributed by atoms with Gasteiger partial charge in [-0.15, -0.1) is 0 Å². The van der Waals surface area contributed by atoms with E-state index in [-0.39, 0.29) is 11.4 Å². The molecule has 0 spiro atoms. The Hall–Kier alpha value is -2.81. The highest BCUT2D eigenvalue weighted by atomic mass is 19.2. The molecule has 3 rings (SSSR count). The second-order valence-electron chi connectivity index (χ2n) is 7.92. The molecule has 0 saturated heterocycles. The number of aryl methyl sites for hydroxylation is 2. The highest BCUT2D eigenvalue weighted by Gasteiger charge is 2.14. The molecule has 0 amide bonds. The van der Waals surface area contributed by atoms with Crippen molar-refractivity contribution in [3.63, 3.8) is 0 Å². The highest BCUT2D eigenvalue weighted by molar-refractivity contribution is 5.72. The third-order valence-corrected chi connectivity index (χ3v) is 5.49. The molecule has 0 saturated carbocycles. The van der Waals surface area contributed by atoms with Crippen molar-refractivity contribution in [2.24, 2.45) is 0 Å². The number of halogens is 3. The zero-order valence-corrected chi connectivity index (χ0v) is 18.2. The summed E-state index contributed by atoms with van der Waals surface area (Å²) >= 11 is 0. The van der Waals surface area contributed by atoms with Gasteiger partial charge in [0.25, 0.3) is 0 Å². The lowest BCUT2D eigenvalue weighted by atomic mass is 9.99. The number of hydrogen-bond donors (Lipinski definition) is 0. The Labute approximate surface area is 183 Å². The summed E-state index contributed by atoms with van der Waals surface area (Å²) in [5.41, 5.74) is 3.68. The molecule has 0 unspecified atom stereocenters. The van der Waals surface area contributed by atoms with Crippen LogP contribution in [0.3, 0.4) is 0 Å². The van der Waals surface area contributed by atoms with E-state index in [1.54, 1.807) is 42.5 Å². The van der Waals surface area contributed by atoms with E-state index in [1.165, 1.54) is 0 Å². The number of unbranched alkanes of at least 4 members (excludes halogenated alkanes) is 2. The van der Waals surface area contributed by atoms with Gasteiger partial charge in [0.15, 0.2) is 11.6 Å². The molecule has 3 heteroatoms. The van der Waals surface area contributed by atoms with Gasteiger partial charge in [-0.1, -0.05) is 93.8 Å². The van der Waals surface area contributed by atoms with Crippen molar-refractivity contribution in [3.05, 3.63) is 94.3 Å². The van der Waals surface area contributed by atoms with Gasteiger partial charge < -0.3 is 0 Å². The summed E-state index contributed by atoms with van der Waals surface area (Å²) in [6, 6.07) is 15.8. The minimum atomic E-state index is -0.800. The van der Waals surface area contributed by atoms with Gasteiger partial charge in [0.1, 0.15) is 5.82 Å². The summed E-state index contributed by atoms with van der Waals surface area (Å²) in [4.78, 5) is 0. The Morgan fingerprint density at radius 3 is 2.16 bits per heavy atom. The maximum atomic E-state index is 14.6. The molecule has 0 radical (unpaired) electrons. The van der Waals surface area contributed by atoms with Crippen LogP contribution in [-0.4, -0.2) is 0 Å². The predicted molar refractivity (Wildman–Crippen MR) is 124 cm³/mol. The fourth-order valence-corrected chi connectivity index (χ4v) is 3.68. The van der Waals surface area contributed by atoms with Crippen molar-refractivity contribution in [1.29, 1.82) is 0 Å². The van der Waals surface area contributed by atoms with Crippen molar-refractivity contribution in [3.8, 4) is 11.1 Å². The van der Waals surface area contributed by atoms with E-state index in [0.29, 0.717) is 23.1 Å². The van der Waals surface area contributed by atoms with Crippen LogP contribution < -0.4 is 0 Å². The molecule has 0 aliphatic rings. The van der Waals surface area contributed by atoms with Gasteiger partial charge in [0.2, 0.25) is 0 Å². The van der Waals surface area contributed by atoms with Crippen LogP contribution in [0.4, 0.5) is 13.2 Å². The highest BCUT2D eigenvalue weighted by Crippen LogP contribution is 2.28. The Bertz CT molecular complexity index is 1030. The van der Waals surface area contributed by atoms with E-state index in [9.17, 15) is 13.2 Å². The van der Waals surface area contributed by atoms with Crippen LogP contribution in [0, 0.1) is 17.5 Å². The zero-order valence-electron chi connectivity index (χ0n) is 18.2. The largest absolute Gasteiger partial charge is 0.206 e. The number of hydrogen-bond acceptors (Lipinski definition) is 0. The molecule has 31 heavy (non-hydrogen) atoms. The van der Waals surface area contributed by atoms with E-state index in [2.05, 4.69) is 13.8 Å². The van der Waals surface area contributed by atoms with Crippen molar-refractivity contribution in [1.82, 2.24) is 0 Å². The van der Waals surface area contributed by atoms with Crippen LogP contribution in [0.5, 0.6) is 0 Å². The lowest BCUT2D eigenvalue weighted by Gasteiger charge is -2.09. The molecule has 0 nitrogen and oxygen atoms in total. The van der Waals surface area contributed by atoms with Gasteiger partial charge >= 0.3 is 0 Å². The van der Waals surface area contributed by atoms with E-state index in [1.807, 2.05) is 24.3 Å². The molecule has 162 valence electrons. The summed E-state index contributed by atoms with van der Waals surface area (Å²) in [5.74, 6) is -1.79. The van der Waals surface area contributed by atoms with Crippen molar-refractivity contribution >= 4 is 12.2 Å². The summed E-state index contributed by atoms with van der Waals surface area (Å²) in [7, 11) is 0. The molecule has 0 aromatic heterocycles. The fraction of sp³-hybridized carbons (Fsp3) is 0.286. The molecule has 0 N–H and O–H groups in total. The van der Waals surface area contributed by atoms with Crippen LogP contribution in [0.2, 0.25) is 0 Å². The Balaban J connectivity index is 1.74. The summed E-state index contributed by atoms with van der Waals surface area (Å²) in [6.45, 7) is 4.15. The Kier molecular flexibility index (Phi) is 8.11. The quantitative estimate of drug-likeness (QED) is 0.239. The molecule has 3 aromatic rings. The first-order valence-electron chi connectivity index (χ1n) is 11.1. The zero-order chi connectivity index (χ0) is 22.2. The summed E-state index contributed by atoms with van der Waals surface area (Å²) in [5, 5.41) is 0. The summed E-state index contributed by atoms with van der Waals surface area (Å²) in [6.07, 6.45) is 8.84. The third kappa shape index (κ3) is 5.88. The normalized spacial score (nSPS) is 11.4. The van der Waals surface area contributed by atoms with Gasteiger partial charge in [0.05, 0.1) is 0 Å². The van der Waals surface area contributed by atoms with Crippen LogP contribution in [-0.2, 0) is 12.8 Å². The van der Waals surface area contributed by atoms with Gasteiger partial charge in [-0.3, -0.25) is 0 Å². The lowest BCUT2D eigenvalue weighted by molar-refractivity contribution is 0.498. The van der Waals surface area contributed by atoms with Crippen molar-refractivity contribution in [2.75, 3.05) is 0 Å². The third-order valence-electron chi connectivity index (χ3n) is 5.49. The second-order valence-corrected chi connectivity index (χ2v) is 7.92. The number of rotatable bonds is 9. The fourth-order valence-electron chi connectivity index (χ4n) is 3.68. The Morgan fingerprint density at radius 2 is 1.48 bits per heavy atom. The first-order valence-corrected chi connectivity index (χ1v) is 11.1. The molecule has 0 fully saturated rings. The SMILES string of the molecule is CCCCCc1ccc(-c2ccc(/C=C/c3ccc(CCC)cc3F)cc2)c(F)c1F. The lowest BCUT2D eigenvalue weighted by Crippen LogP contribution is -1.97. The standard InChI is InChI=1S/C28H29F3/c1-3-5-6-8-24-17-18-25(28(31)27(24)30)22-13-9-20(10-14-22)11-15-23-16-12-21(7-4-2)19-26(23)29/h9-19H,3-8H2,1-2H3/b15-11+. The van der Waals surface area contributed by atoms with E-state index in [4.69, 9.17) is 0 Å². The molecule has 0 atom stereocenters. The topological polar surface area (TPSA) is 0 Å². The van der Waals surface area contributed by atoms with Gasteiger partial charge in [-0.25, -0.2) is 13.2 Å². The molecular formula is C28H29F3. The van der Waals surface area contributed by atoms with Crippen LogP contribution in [0.15, 0.2) is 54.6 Å². The van der Waals surface area contributed by atoms with Crippen LogP contribution in [0.1, 0.15) is 61.8 Å². The maximum Gasteiger partial charge on any atom is 0.166 e. The minimum Gasteiger partial charge on any atom is -0.206 e. The average Bonchev–Trinajstić information content (AvgIpc) is 2.77. The van der Waals surface area contributed by atoms with E-state index >= 15 is 0 Å². The maximum absolute atomic E-state index is 14.6. The van der Waals surface area contributed by atoms with Gasteiger partial charge in [-0.05, 0) is 47.6 Å². The van der Waals surface area contributed by atoms with E-state index in [0.717, 1.165) is 43.2 Å². The molecule has 0 aliphatic heterocycles. The van der Waals surface area contributed by atoms with E-state index < -0.39 is 11.6 Å². The first-order chi connectivity index (χ1) is 15.0. The Morgan fingerprint density at radius 1 is 0.710 bits per heavy atom. The molecule has 0 heterocycles. The van der Waals surface area contributed by atoms with Crippen molar-refractivity contribution < 1.29 is 13.2 Å². The molecule has 0 bridgehead atoms. The van der Waals surface area contributed by atoms with Crippen molar-refractivity contribution in [2.45, 2.75) is 52.4 Å². The smallest absolute Gasteiger partial charge is 0.166 e. The average molecular weight is 423 g/mol. The predicted octanol–water partition coefficient (Wildman–Crippen LogP) is 8.63. The second kappa shape index (κ2) is 11.0. The molecular weight excluding hydrogens is 393 g/mol.